The summed E-state index contributed by atoms with van der Waals surface area (Å²) in [5, 5.41) is 3.50. The minimum Gasteiger partial charge on any atom is -0.376 e. The van der Waals surface area contributed by atoms with Crippen molar-refractivity contribution in [3.05, 3.63) is 35.9 Å². The van der Waals surface area contributed by atoms with Gasteiger partial charge in [0.1, 0.15) is 6.17 Å². The van der Waals surface area contributed by atoms with Crippen LogP contribution in [0.2, 0.25) is 0 Å². The Labute approximate surface area is 126 Å². The minimum atomic E-state index is -0.100. The number of ether oxygens (including phenoxy) is 1. The summed E-state index contributed by atoms with van der Waals surface area (Å²) < 4.78 is 5.72. The van der Waals surface area contributed by atoms with Gasteiger partial charge in [-0.3, -0.25) is 10.1 Å². The summed E-state index contributed by atoms with van der Waals surface area (Å²) in [5.41, 5.74) is 1.15. The number of rotatable bonds is 4. The molecule has 2 aliphatic heterocycles. The third-order valence-electron chi connectivity index (χ3n) is 4.40. The fourth-order valence-corrected chi connectivity index (χ4v) is 3.23. The molecule has 1 N–H and O–H groups in total. The monoisotopic (exact) mass is 288 g/mol. The van der Waals surface area contributed by atoms with E-state index in [1.807, 2.05) is 23.1 Å². The molecule has 2 fully saturated rings. The fraction of sp³-hybridized carbons (Fsp3) is 0.588. The highest BCUT2D eigenvalue weighted by Gasteiger charge is 2.42. The normalized spacial score (nSPS) is 29.6. The van der Waals surface area contributed by atoms with Crippen LogP contribution in [0.1, 0.15) is 38.4 Å². The minimum absolute atomic E-state index is 0.0321. The third kappa shape index (κ3) is 2.97. The average molecular weight is 288 g/mol. The molecule has 2 heterocycles. The van der Waals surface area contributed by atoms with Crippen LogP contribution in [0, 0.1) is 5.92 Å². The zero-order valence-electron chi connectivity index (χ0n) is 12.8. The van der Waals surface area contributed by atoms with Crippen molar-refractivity contribution in [1.82, 2.24) is 10.2 Å². The van der Waals surface area contributed by atoms with Crippen LogP contribution in [0.3, 0.4) is 0 Å². The number of amides is 1. The Morgan fingerprint density at radius 1 is 1.33 bits per heavy atom. The van der Waals surface area contributed by atoms with Gasteiger partial charge in [0.2, 0.25) is 5.91 Å². The van der Waals surface area contributed by atoms with E-state index in [0.717, 1.165) is 25.0 Å². The molecule has 0 radical (unpaired) electrons. The predicted octanol–water partition coefficient (Wildman–Crippen LogP) is 2.32. The summed E-state index contributed by atoms with van der Waals surface area (Å²) in [6.07, 6.45) is 2.31. The highest BCUT2D eigenvalue weighted by atomic mass is 16.5. The molecule has 3 rings (SSSR count). The summed E-state index contributed by atoms with van der Waals surface area (Å²) in [5.74, 6) is 0.493. The van der Waals surface area contributed by atoms with Crippen LogP contribution in [0.15, 0.2) is 30.3 Å². The van der Waals surface area contributed by atoms with Crippen LogP contribution >= 0.6 is 0 Å². The standard InChI is InChI=1S/C17H24N2O2/c1-12(2)15-17(20)19(11-14-9-6-10-21-14)16(18-15)13-7-4-3-5-8-13/h3-5,7-8,12,14-16,18H,6,9-11H2,1-2H3. The van der Waals surface area contributed by atoms with Gasteiger partial charge in [-0.25, -0.2) is 0 Å². The van der Waals surface area contributed by atoms with E-state index in [9.17, 15) is 4.79 Å². The molecule has 21 heavy (non-hydrogen) atoms. The fourth-order valence-electron chi connectivity index (χ4n) is 3.23. The second-order valence-electron chi connectivity index (χ2n) is 6.33. The average Bonchev–Trinajstić information content (AvgIpc) is 3.10. The van der Waals surface area contributed by atoms with Crippen molar-refractivity contribution in [3.63, 3.8) is 0 Å². The molecule has 3 unspecified atom stereocenters. The summed E-state index contributed by atoms with van der Waals surface area (Å²) in [6.45, 7) is 5.69. The van der Waals surface area contributed by atoms with E-state index in [1.54, 1.807) is 0 Å². The SMILES string of the molecule is CC(C)C1NC(c2ccccc2)N(CC2CCCO2)C1=O. The number of carbonyl (C=O) groups is 1. The zero-order chi connectivity index (χ0) is 14.8. The van der Waals surface area contributed by atoms with E-state index < -0.39 is 0 Å². The van der Waals surface area contributed by atoms with Crippen molar-refractivity contribution < 1.29 is 9.53 Å². The maximum absolute atomic E-state index is 12.7. The van der Waals surface area contributed by atoms with Crippen molar-refractivity contribution in [2.24, 2.45) is 5.92 Å². The smallest absolute Gasteiger partial charge is 0.241 e. The molecule has 0 aliphatic carbocycles. The first-order valence-electron chi connectivity index (χ1n) is 7.90. The number of hydrogen-bond donors (Lipinski definition) is 1. The largest absolute Gasteiger partial charge is 0.376 e. The second kappa shape index (κ2) is 6.16. The topological polar surface area (TPSA) is 41.6 Å². The lowest BCUT2D eigenvalue weighted by molar-refractivity contribution is -0.132. The van der Waals surface area contributed by atoms with Crippen LogP contribution in [-0.2, 0) is 9.53 Å². The number of benzene rings is 1. The summed E-state index contributed by atoms with van der Waals surface area (Å²) in [4.78, 5) is 14.7. The maximum Gasteiger partial charge on any atom is 0.241 e. The first kappa shape index (κ1) is 14.5. The molecule has 2 saturated heterocycles. The molecule has 114 valence electrons. The molecule has 3 atom stereocenters. The molecular weight excluding hydrogens is 264 g/mol. The van der Waals surface area contributed by atoms with Crippen LogP contribution < -0.4 is 5.32 Å². The highest BCUT2D eigenvalue weighted by Crippen LogP contribution is 2.29. The molecule has 4 heteroatoms. The lowest BCUT2D eigenvalue weighted by Gasteiger charge is -2.27. The van der Waals surface area contributed by atoms with Crippen molar-refractivity contribution in [3.8, 4) is 0 Å². The van der Waals surface area contributed by atoms with Crippen LogP contribution in [0.4, 0.5) is 0 Å². The predicted molar refractivity (Wildman–Crippen MR) is 81.6 cm³/mol. The Hall–Kier alpha value is -1.39. The van der Waals surface area contributed by atoms with Crippen LogP contribution in [0.25, 0.3) is 0 Å². The number of carbonyl (C=O) groups excluding carboxylic acids is 1. The quantitative estimate of drug-likeness (QED) is 0.924. The van der Waals surface area contributed by atoms with Crippen molar-refractivity contribution >= 4 is 5.91 Å². The van der Waals surface area contributed by atoms with Crippen molar-refractivity contribution in [2.75, 3.05) is 13.2 Å². The van der Waals surface area contributed by atoms with E-state index in [1.165, 1.54) is 0 Å². The molecule has 1 aromatic carbocycles. The molecule has 0 spiro atoms. The number of nitrogens with one attached hydrogen (secondary N) is 1. The van der Waals surface area contributed by atoms with Gasteiger partial charge in [0, 0.05) is 13.2 Å². The van der Waals surface area contributed by atoms with Gasteiger partial charge in [0.15, 0.2) is 0 Å². The van der Waals surface area contributed by atoms with Crippen molar-refractivity contribution in [1.29, 1.82) is 0 Å². The Morgan fingerprint density at radius 3 is 2.71 bits per heavy atom. The summed E-state index contributed by atoms with van der Waals surface area (Å²) in [6, 6.07) is 10.1. The van der Waals surface area contributed by atoms with Gasteiger partial charge in [-0.2, -0.15) is 0 Å². The third-order valence-corrected chi connectivity index (χ3v) is 4.40. The molecule has 2 aliphatic rings. The van der Waals surface area contributed by atoms with Crippen LogP contribution in [0.5, 0.6) is 0 Å². The molecule has 0 bridgehead atoms. The summed E-state index contributed by atoms with van der Waals surface area (Å²) in [7, 11) is 0. The molecule has 0 saturated carbocycles. The maximum atomic E-state index is 12.7. The van der Waals surface area contributed by atoms with Crippen LogP contribution in [-0.4, -0.2) is 36.1 Å². The van der Waals surface area contributed by atoms with Gasteiger partial charge in [-0.1, -0.05) is 44.2 Å². The Balaban J connectivity index is 1.82. The molecule has 4 nitrogen and oxygen atoms in total. The second-order valence-corrected chi connectivity index (χ2v) is 6.33. The first-order chi connectivity index (χ1) is 10.2. The number of hydrogen-bond acceptors (Lipinski definition) is 3. The van der Waals surface area contributed by atoms with Gasteiger partial charge >= 0.3 is 0 Å². The van der Waals surface area contributed by atoms with E-state index in [0.29, 0.717) is 12.5 Å². The van der Waals surface area contributed by atoms with E-state index in [4.69, 9.17) is 4.74 Å². The highest BCUT2D eigenvalue weighted by molar-refractivity contribution is 5.84. The van der Waals surface area contributed by atoms with Gasteiger partial charge in [-0.15, -0.1) is 0 Å². The summed E-state index contributed by atoms with van der Waals surface area (Å²) >= 11 is 0. The lowest BCUT2D eigenvalue weighted by atomic mass is 10.0. The molecule has 1 aromatic rings. The Bertz CT molecular complexity index is 483. The van der Waals surface area contributed by atoms with E-state index in [-0.39, 0.29) is 24.2 Å². The zero-order valence-corrected chi connectivity index (χ0v) is 12.8. The van der Waals surface area contributed by atoms with Gasteiger partial charge in [-0.05, 0) is 24.3 Å². The van der Waals surface area contributed by atoms with E-state index >= 15 is 0 Å². The van der Waals surface area contributed by atoms with Gasteiger partial charge < -0.3 is 9.64 Å². The van der Waals surface area contributed by atoms with Gasteiger partial charge in [0.05, 0.1) is 12.1 Å². The Kier molecular flexibility index (Phi) is 4.27. The Morgan fingerprint density at radius 2 is 2.10 bits per heavy atom. The lowest BCUT2D eigenvalue weighted by Crippen LogP contribution is -2.38. The van der Waals surface area contributed by atoms with Crippen molar-refractivity contribution in [2.45, 2.75) is 45.0 Å². The van der Waals surface area contributed by atoms with E-state index in [2.05, 4.69) is 31.3 Å². The molecule has 0 aromatic heterocycles. The first-order valence-corrected chi connectivity index (χ1v) is 7.90. The number of nitrogens with zero attached hydrogens (tertiary/aromatic N) is 1. The molecule has 1 amide bonds. The molecular formula is C17H24N2O2. The van der Waals surface area contributed by atoms with Gasteiger partial charge in [0.25, 0.3) is 0 Å².